The average molecular weight is 253 g/mol. The standard InChI is InChI=1S/C16H15NO2/c1-17(19)16(18)12-11-14-9-5-6-10-15(14)13-7-3-2-4-8-13/h2-12,19H,1H3/b12-11+. The van der Waals surface area contributed by atoms with Gasteiger partial charge in [-0.05, 0) is 22.8 Å². The van der Waals surface area contributed by atoms with Crippen LogP contribution >= 0.6 is 0 Å². The number of carbonyl (C=O) groups excluding carboxylic acids is 1. The lowest BCUT2D eigenvalue weighted by Gasteiger charge is -2.07. The monoisotopic (exact) mass is 253 g/mol. The van der Waals surface area contributed by atoms with Crippen LogP contribution in [0.2, 0.25) is 0 Å². The second-order valence-electron chi connectivity index (χ2n) is 4.15. The summed E-state index contributed by atoms with van der Waals surface area (Å²) >= 11 is 0. The third-order valence-electron chi connectivity index (χ3n) is 2.77. The SMILES string of the molecule is CN(O)C(=O)/C=C/c1ccccc1-c1ccccc1. The number of hydrogen-bond acceptors (Lipinski definition) is 2. The Morgan fingerprint density at radius 2 is 1.68 bits per heavy atom. The maximum atomic E-state index is 11.4. The quantitative estimate of drug-likeness (QED) is 0.518. The Hall–Kier alpha value is -2.39. The highest BCUT2D eigenvalue weighted by Crippen LogP contribution is 2.24. The maximum Gasteiger partial charge on any atom is 0.269 e. The van der Waals surface area contributed by atoms with E-state index in [4.69, 9.17) is 5.21 Å². The number of rotatable bonds is 3. The van der Waals surface area contributed by atoms with Crippen LogP contribution in [-0.4, -0.2) is 23.2 Å². The van der Waals surface area contributed by atoms with Gasteiger partial charge in [0.15, 0.2) is 0 Å². The molecule has 0 radical (unpaired) electrons. The van der Waals surface area contributed by atoms with Gasteiger partial charge < -0.3 is 0 Å². The van der Waals surface area contributed by atoms with E-state index in [0.717, 1.165) is 16.7 Å². The summed E-state index contributed by atoms with van der Waals surface area (Å²) in [7, 11) is 1.30. The van der Waals surface area contributed by atoms with Crippen LogP contribution in [0.5, 0.6) is 0 Å². The Morgan fingerprint density at radius 3 is 2.37 bits per heavy atom. The summed E-state index contributed by atoms with van der Waals surface area (Å²) in [5, 5.41) is 9.57. The summed E-state index contributed by atoms with van der Waals surface area (Å²) in [5.41, 5.74) is 3.07. The van der Waals surface area contributed by atoms with Gasteiger partial charge in [0, 0.05) is 13.1 Å². The van der Waals surface area contributed by atoms with Crippen molar-refractivity contribution in [2.75, 3.05) is 7.05 Å². The largest absolute Gasteiger partial charge is 0.286 e. The van der Waals surface area contributed by atoms with Crippen molar-refractivity contribution < 1.29 is 10.0 Å². The van der Waals surface area contributed by atoms with Crippen molar-refractivity contribution in [1.82, 2.24) is 5.06 Å². The van der Waals surface area contributed by atoms with E-state index >= 15 is 0 Å². The second kappa shape index (κ2) is 5.98. The van der Waals surface area contributed by atoms with E-state index in [1.807, 2.05) is 54.6 Å². The number of hydroxylamine groups is 2. The number of amides is 1. The molecule has 1 N–H and O–H groups in total. The molecule has 3 heteroatoms. The zero-order valence-electron chi connectivity index (χ0n) is 10.7. The molecule has 0 fully saturated rings. The summed E-state index contributed by atoms with van der Waals surface area (Å²) in [6.45, 7) is 0. The summed E-state index contributed by atoms with van der Waals surface area (Å²) in [6.07, 6.45) is 3.05. The van der Waals surface area contributed by atoms with Gasteiger partial charge >= 0.3 is 0 Å². The molecule has 19 heavy (non-hydrogen) atoms. The van der Waals surface area contributed by atoms with Gasteiger partial charge in [0.2, 0.25) is 0 Å². The van der Waals surface area contributed by atoms with Crippen LogP contribution in [0.1, 0.15) is 5.56 Å². The van der Waals surface area contributed by atoms with Gasteiger partial charge in [0.1, 0.15) is 0 Å². The molecule has 0 unspecified atom stereocenters. The summed E-state index contributed by atoms with van der Waals surface area (Å²) in [6, 6.07) is 17.8. The zero-order chi connectivity index (χ0) is 13.7. The van der Waals surface area contributed by atoms with Gasteiger partial charge in [-0.1, -0.05) is 54.6 Å². The van der Waals surface area contributed by atoms with Crippen molar-refractivity contribution >= 4 is 12.0 Å². The molecule has 0 aliphatic heterocycles. The Balaban J connectivity index is 2.35. The summed E-state index contributed by atoms with van der Waals surface area (Å²) in [5.74, 6) is -0.456. The number of benzene rings is 2. The first-order chi connectivity index (χ1) is 9.18. The van der Waals surface area contributed by atoms with Gasteiger partial charge in [-0.3, -0.25) is 10.0 Å². The van der Waals surface area contributed by atoms with E-state index in [1.165, 1.54) is 13.1 Å². The van der Waals surface area contributed by atoms with Gasteiger partial charge in [0.25, 0.3) is 5.91 Å². The van der Waals surface area contributed by atoms with Gasteiger partial charge in [-0.15, -0.1) is 0 Å². The van der Waals surface area contributed by atoms with Crippen LogP contribution in [0.25, 0.3) is 17.2 Å². The van der Waals surface area contributed by atoms with Crippen molar-refractivity contribution in [2.45, 2.75) is 0 Å². The fraction of sp³-hybridized carbons (Fsp3) is 0.0625. The lowest BCUT2D eigenvalue weighted by atomic mass is 9.99. The van der Waals surface area contributed by atoms with E-state index < -0.39 is 5.91 Å². The number of hydrogen-bond donors (Lipinski definition) is 1. The van der Waals surface area contributed by atoms with E-state index in [-0.39, 0.29) is 0 Å². The van der Waals surface area contributed by atoms with Crippen LogP contribution in [-0.2, 0) is 4.79 Å². The minimum Gasteiger partial charge on any atom is -0.286 e. The lowest BCUT2D eigenvalue weighted by molar-refractivity contribution is -0.153. The van der Waals surface area contributed by atoms with Crippen molar-refractivity contribution in [2.24, 2.45) is 0 Å². The fourth-order valence-corrected chi connectivity index (χ4v) is 1.79. The minimum atomic E-state index is -0.456. The number of likely N-dealkylation sites (N-methyl/N-ethyl adjacent to an activating group) is 1. The van der Waals surface area contributed by atoms with Crippen LogP contribution < -0.4 is 0 Å². The molecule has 0 bridgehead atoms. The molecule has 3 nitrogen and oxygen atoms in total. The molecule has 0 heterocycles. The third kappa shape index (κ3) is 3.30. The minimum absolute atomic E-state index is 0.456. The molecule has 2 rings (SSSR count). The molecular formula is C16H15NO2. The van der Waals surface area contributed by atoms with Crippen LogP contribution in [0.3, 0.4) is 0 Å². The summed E-state index contributed by atoms with van der Waals surface area (Å²) < 4.78 is 0. The van der Waals surface area contributed by atoms with Gasteiger partial charge in [-0.25, -0.2) is 5.06 Å². The van der Waals surface area contributed by atoms with Crippen molar-refractivity contribution in [3.8, 4) is 11.1 Å². The molecule has 0 spiro atoms. The fourth-order valence-electron chi connectivity index (χ4n) is 1.79. The second-order valence-corrected chi connectivity index (χ2v) is 4.15. The third-order valence-corrected chi connectivity index (χ3v) is 2.77. The van der Waals surface area contributed by atoms with Crippen LogP contribution in [0.15, 0.2) is 60.7 Å². The van der Waals surface area contributed by atoms with E-state index in [0.29, 0.717) is 5.06 Å². The van der Waals surface area contributed by atoms with Crippen molar-refractivity contribution in [3.63, 3.8) is 0 Å². The van der Waals surface area contributed by atoms with Gasteiger partial charge in [0.05, 0.1) is 0 Å². The Bertz CT molecular complexity index is 589. The van der Waals surface area contributed by atoms with E-state index in [1.54, 1.807) is 6.08 Å². The smallest absolute Gasteiger partial charge is 0.269 e. The highest BCUT2D eigenvalue weighted by molar-refractivity contribution is 5.92. The zero-order valence-corrected chi connectivity index (χ0v) is 10.7. The highest BCUT2D eigenvalue weighted by atomic mass is 16.5. The molecule has 96 valence electrons. The predicted molar refractivity (Wildman–Crippen MR) is 75.5 cm³/mol. The normalized spacial score (nSPS) is 10.6. The molecular weight excluding hydrogens is 238 g/mol. The average Bonchev–Trinajstić information content (AvgIpc) is 2.46. The maximum absolute atomic E-state index is 11.4. The number of carbonyl (C=O) groups is 1. The molecule has 0 saturated carbocycles. The number of nitrogens with zero attached hydrogens (tertiary/aromatic N) is 1. The molecule has 0 atom stereocenters. The molecule has 0 saturated heterocycles. The molecule has 0 aliphatic carbocycles. The molecule has 2 aromatic carbocycles. The van der Waals surface area contributed by atoms with Crippen LogP contribution in [0, 0.1) is 0 Å². The first-order valence-electron chi connectivity index (χ1n) is 5.97. The van der Waals surface area contributed by atoms with Crippen molar-refractivity contribution in [3.05, 3.63) is 66.2 Å². The van der Waals surface area contributed by atoms with Crippen molar-refractivity contribution in [1.29, 1.82) is 0 Å². The van der Waals surface area contributed by atoms with Crippen LogP contribution in [0.4, 0.5) is 0 Å². The lowest BCUT2D eigenvalue weighted by Crippen LogP contribution is -2.19. The molecule has 2 aromatic rings. The molecule has 0 aliphatic rings. The first-order valence-corrected chi connectivity index (χ1v) is 5.97. The molecule has 0 aromatic heterocycles. The Labute approximate surface area is 112 Å². The topological polar surface area (TPSA) is 40.5 Å². The highest BCUT2D eigenvalue weighted by Gasteiger charge is 2.03. The Morgan fingerprint density at radius 1 is 1.05 bits per heavy atom. The van der Waals surface area contributed by atoms with Gasteiger partial charge in [-0.2, -0.15) is 0 Å². The summed E-state index contributed by atoms with van der Waals surface area (Å²) in [4.78, 5) is 11.4. The Kier molecular flexibility index (Phi) is 4.11. The van der Waals surface area contributed by atoms with E-state index in [2.05, 4.69) is 0 Å². The first kappa shape index (κ1) is 13.1. The molecule has 1 amide bonds. The predicted octanol–water partition coefficient (Wildman–Crippen LogP) is 3.21. The van der Waals surface area contributed by atoms with E-state index in [9.17, 15) is 4.79 Å².